The van der Waals surface area contributed by atoms with Gasteiger partial charge in [0.25, 0.3) is 0 Å². The summed E-state index contributed by atoms with van der Waals surface area (Å²) in [4.78, 5) is 35.1. The van der Waals surface area contributed by atoms with E-state index in [2.05, 4.69) is 25.4 Å². The molecule has 0 heterocycles. The van der Waals surface area contributed by atoms with Crippen LogP contribution in [0.15, 0.2) is 0 Å². The van der Waals surface area contributed by atoms with Crippen molar-refractivity contribution in [3.05, 3.63) is 0 Å². The third-order valence-corrected chi connectivity index (χ3v) is 3.93. The summed E-state index contributed by atoms with van der Waals surface area (Å²) in [6.07, 6.45) is -0.123. The Kier molecular flexibility index (Phi) is 13.3. The van der Waals surface area contributed by atoms with E-state index < -0.39 is 35.4 Å². The highest BCUT2D eigenvalue weighted by Gasteiger charge is 2.25. The summed E-state index contributed by atoms with van der Waals surface area (Å²) in [5, 5.41) is 18.2. The summed E-state index contributed by atoms with van der Waals surface area (Å²) in [6.45, 7) is 9.72. The number of hydrogen-bond donors (Lipinski definition) is 4. The average molecular weight is 450 g/mol. The zero-order chi connectivity index (χ0) is 24.1. The highest BCUT2D eigenvalue weighted by atomic mass is 16.6. The summed E-state index contributed by atoms with van der Waals surface area (Å²) in [5.41, 5.74) is -1.50. The second-order valence-corrected chi connectivity index (χ2v) is 8.44. The van der Waals surface area contributed by atoms with Gasteiger partial charge in [0.1, 0.15) is 17.4 Å². The van der Waals surface area contributed by atoms with Crippen molar-refractivity contribution in [2.75, 3.05) is 40.5 Å². The Morgan fingerprint density at radius 1 is 1.00 bits per heavy atom. The Labute approximate surface area is 184 Å². The predicted molar refractivity (Wildman–Crippen MR) is 113 cm³/mol. The minimum absolute atomic E-state index is 0.172. The van der Waals surface area contributed by atoms with Crippen LogP contribution in [0, 0.1) is 0 Å². The van der Waals surface area contributed by atoms with Gasteiger partial charge in [-0.3, -0.25) is 14.9 Å². The lowest BCUT2D eigenvalue weighted by molar-refractivity contribution is -0.149. The molecule has 4 N–H and O–H groups in total. The van der Waals surface area contributed by atoms with Crippen LogP contribution in [-0.4, -0.2) is 87.1 Å². The summed E-state index contributed by atoms with van der Waals surface area (Å²) in [6, 6.07) is -1.21. The lowest BCUT2D eigenvalue weighted by atomic mass is 10.2. The SMILES string of the molecule is COC(=O)C[C@H](NC[C@H](CO)NCCCOC(C)(C)NC(=O)OC(C)(C)C)C(=O)OC. The fraction of sp³-hybridized carbons (Fsp3) is 0.850. The van der Waals surface area contributed by atoms with Gasteiger partial charge in [0.05, 0.1) is 33.9 Å². The first-order valence-corrected chi connectivity index (χ1v) is 10.2. The molecular formula is C20H39N3O8. The molecule has 0 rings (SSSR count). The van der Waals surface area contributed by atoms with Crippen molar-refractivity contribution in [2.45, 2.75) is 70.9 Å². The molecule has 0 aliphatic heterocycles. The number of methoxy groups -OCH3 is 2. The van der Waals surface area contributed by atoms with Crippen molar-refractivity contribution in [1.29, 1.82) is 0 Å². The van der Waals surface area contributed by atoms with Gasteiger partial charge in [-0.2, -0.15) is 0 Å². The molecule has 0 aliphatic carbocycles. The molecule has 0 spiro atoms. The number of aliphatic hydroxyl groups excluding tert-OH is 1. The lowest BCUT2D eigenvalue weighted by Gasteiger charge is -2.29. The largest absolute Gasteiger partial charge is 0.469 e. The Balaban J connectivity index is 4.30. The first kappa shape index (κ1) is 29.1. The fourth-order valence-electron chi connectivity index (χ4n) is 2.41. The van der Waals surface area contributed by atoms with Crippen LogP contribution in [0.1, 0.15) is 47.5 Å². The van der Waals surface area contributed by atoms with Crippen molar-refractivity contribution in [3.63, 3.8) is 0 Å². The maximum absolute atomic E-state index is 11.9. The molecule has 0 saturated heterocycles. The van der Waals surface area contributed by atoms with Crippen LogP contribution in [0.2, 0.25) is 0 Å². The average Bonchev–Trinajstić information content (AvgIpc) is 2.65. The molecule has 182 valence electrons. The molecule has 0 unspecified atom stereocenters. The molecule has 0 aromatic carbocycles. The quantitative estimate of drug-likeness (QED) is 0.126. The number of aliphatic hydroxyl groups is 1. The highest BCUT2D eigenvalue weighted by Crippen LogP contribution is 2.10. The van der Waals surface area contributed by atoms with Gasteiger partial charge in [-0.1, -0.05) is 0 Å². The summed E-state index contributed by atoms with van der Waals surface area (Å²) < 4.78 is 20.1. The minimum atomic E-state index is -0.901. The van der Waals surface area contributed by atoms with Gasteiger partial charge in [-0.15, -0.1) is 0 Å². The third kappa shape index (κ3) is 14.6. The van der Waals surface area contributed by atoms with Crippen LogP contribution in [0.4, 0.5) is 4.79 Å². The molecule has 0 fully saturated rings. The van der Waals surface area contributed by atoms with E-state index in [1.165, 1.54) is 14.2 Å². The van der Waals surface area contributed by atoms with Crippen molar-refractivity contribution in [2.24, 2.45) is 0 Å². The van der Waals surface area contributed by atoms with Gasteiger partial charge in [0, 0.05) is 12.6 Å². The molecule has 11 nitrogen and oxygen atoms in total. The van der Waals surface area contributed by atoms with Crippen LogP contribution in [0.25, 0.3) is 0 Å². The van der Waals surface area contributed by atoms with E-state index >= 15 is 0 Å². The van der Waals surface area contributed by atoms with Gasteiger partial charge in [-0.05, 0) is 47.6 Å². The number of ether oxygens (including phenoxy) is 4. The number of rotatable bonds is 14. The van der Waals surface area contributed by atoms with E-state index in [9.17, 15) is 19.5 Å². The Morgan fingerprint density at radius 2 is 1.65 bits per heavy atom. The van der Waals surface area contributed by atoms with Crippen LogP contribution in [0.3, 0.4) is 0 Å². The van der Waals surface area contributed by atoms with Crippen LogP contribution in [0.5, 0.6) is 0 Å². The number of hydrogen-bond acceptors (Lipinski definition) is 10. The van der Waals surface area contributed by atoms with Gasteiger partial charge >= 0.3 is 18.0 Å². The number of alkyl carbamates (subject to hydrolysis) is 1. The smallest absolute Gasteiger partial charge is 0.409 e. The van der Waals surface area contributed by atoms with Gasteiger partial charge < -0.3 is 34.7 Å². The number of amides is 1. The van der Waals surface area contributed by atoms with Crippen molar-refractivity contribution < 1.29 is 38.4 Å². The van der Waals surface area contributed by atoms with E-state index in [1.54, 1.807) is 34.6 Å². The van der Waals surface area contributed by atoms with Gasteiger partial charge in [0.2, 0.25) is 0 Å². The molecule has 2 atom stereocenters. The first-order chi connectivity index (χ1) is 14.3. The first-order valence-electron chi connectivity index (χ1n) is 10.2. The number of esters is 2. The van der Waals surface area contributed by atoms with E-state index in [0.717, 1.165) is 0 Å². The minimum Gasteiger partial charge on any atom is -0.469 e. The predicted octanol–water partition coefficient (Wildman–Crippen LogP) is 0.299. The number of carbonyl (C=O) groups excluding carboxylic acids is 3. The van der Waals surface area contributed by atoms with E-state index in [1.807, 2.05) is 0 Å². The molecule has 1 amide bonds. The normalized spacial score (nSPS) is 13.8. The highest BCUT2D eigenvalue weighted by molar-refractivity contribution is 5.82. The van der Waals surface area contributed by atoms with E-state index in [4.69, 9.17) is 9.47 Å². The molecular weight excluding hydrogens is 410 g/mol. The maximum atomic E-state index is 11.9. The Hall–Kier alpha value is -1.95. The van der Waals surface area contributed by atoms with Crippen LogP contribution >= 0.6 is 0 Å². The summed E-state index contributed by atoms with van der Waals surface area (Å²) >= 11 is 0. The maximum Gasteiger partial charge on any atom is 0.409 e. The number of carbonyl (C=O) groups is 3. The second-order valence-electron chi connectivity index (χ2n) is 8.44. The van der Waals surface area contributed by atoms with Crippen molar-refractivity contribution in [1.82, 2.24) is 16.0 Å². The van der Waals surface area contributed by atoms with E-state index in [0.29, 0.717) is 19.6 Å². The molecule has 0 radical (unpaired) electrons. The molecule has 31 heavy (non-hydrogen) atoms. The zero-order valence-electron chi connectivity index (χ0n) is 19.7. The molecule has 0 bridgehead atoms. The van der Waals surface area contributed by atoms with Crippen LogP contribution < -0.4 is 16.0 Å². The van der Waals surface area contributed by atoms with Crippen molar-refractivity contribution >= 4 is 18.0 Å². The molecule has 11 heteroatoms. The molecule has 0 saturated carbocycles. The monoisotopic (exact) mass is 449 g/mol. The lowest BCUT2D eigenvalue weighted by Crippen LogP contribution is -2.49. The zero-order valence-corrected chi connectivity index (χ0v) is 19.7. The third-order valence-electron chi connectivity index (χ3n) is 3.93. The second kappa shape index (κ2) is 14.2. The molecule has 0 aliphatic rings. The topological polar surface area (TPSA) is 144 Å². The van der Waals surface area contributed by atoms with Gasteiger partial charge in [0.15, 0.2) is 0 Å². The Bertz CT molecular complexity index is 563. The fourth-order valence-corrected chi connectivity index (χ4v) is 2.41. The molecule has 0 aromatic rings. The van der Waals surface area contributed by atoms with Crippen molar-refractivity contribution in [3.8, 4) is 0 Å². The Morgan fingerprint density at radius 3 is 2.16 bits per heavy atom. The van der Waals surface area contributed by atoms with Crippen LogP contribution in [-0.2, 0) is 28.5 Å². The standard InChI is InChI=1S/C20H39N3O8/c1-19(2,3)31-18(27)23-20(4,5)30-10-8-9-21-14(13-24)12-22-15(17(26)29-7)11-16(25)28-6/h14-15,21-22,24H,8-13H2,1-7H3,(H,23,27)/t14-,15+/m1/s1. The van der Waals surface area contributed by atoms with E-state index in [-0.39, 0.29) is 25.6 Å². The molecule has 0 aromatic heterocycles. The summed E-state index contributed by atoms with van der Waals surface area (Å²) in [5.74, 6) is -1.13. The van der Waals surface area contributed by atoms with Gasteiger partial charge in [-0.25, -0.2) is 4.79 Å². The summed E-state index contributed by atoms with van der Waals surface area (Å²) in [7, 11) is 2.47. The number of nitrogens with one attached hydrogen (secondary N) is 3.